The number of carbonyl (C=O) groups is 2. The average molecular weight is 419 g/mol. The molecule has 3 rings (SSSR count). The maximum absolute atomic E-state index is 12.5. The van der Waals surface area contributed by atoms with Crippen LogP contribution < -0.4 is 10.2 Å². The first kappa shape index (κ1) is 21.5. The lowest BCUT2D eigenvalue weighted by Crippen LogP contribution is -2.22. The van der Waals surface area contributed by atoms with E-state index in [-0.39, 0.29) is 11.3 Å². The van der Waals surface area contributed by atoms with Crippen molar-refractivity contribution in [3.8, 4) is 11.1 Å². The number of amides is 1. The molecular weight excluding hydrogens is 398 g/mol. The largest absolute Gasteiger partial charge is 0.452 e. The molecule has 0 radical (unpaired) electrons. The number of benzene rings is 3. The van der Waals surface area contributed by atoms with Crippen molar-refractivity contribution < 1.29 is 19.2 Å². The van der Waals surface area contributed by atoms with Gasteiger partial charge in [-0.15, -0.1) is 0 Å². The Morgan fingerprint density at radius 1 is 1.00 bits per heavy atom. The number of carbonyl (C=O) groups excluding carboxylic acids is 2. The zero-order chi connectivity index (χ0) is 22.4. The molecule has 1 amide bonds. The maximum Gasteiger partial charge on any atom is 0.341 e. The molecule has 0 saturated heterocycles. The number of non-ortho nitro benzene ring substituents is 1. The zero-order valence-electron chi connectivity index (χ0n) is 17.1. The quantitative estimate of drug-likeness (QED) is 0.351. The minimum atomic E-state index is -0.820. The van der Waals surface area contributed by atoms with Gasteiger partial charge in [-0.3, -0.25) is 14.9 Å². The zero-order valence-corrected chi connectivity index (χ0v) is 17.1. The van der Waals surface area contributed by atoms with Crippen molar-refractivity contribution in [3.63, 3.8) is 0 Å². The van der Waals surface area contributed by atoms with Gasteiger partial charge in [-0.25, -0.2) is 4.79 Å². The number of para-hydroxylation sites is 1. The number of esters is 1. The van der Waals surface area contributed by atoms with Crippen molar-refractivity contribution in [2.75, 3.05) is 30.9 Å². The van der Waals surface area contributed by atoms with Gasteiger partial charge >= 0.3 is 5.97 Å². The van der Waals surface area contributed by atoms with Crippen LogP contribution in [0.3, 0.4) is 0 Å². The first-order valence-electron chi connectivity index (χ1n) is 9.44. The lowest BCUT2D eigenvalue weighted by molar-refractivity contribution is -0.384. The molecule has 0 heterocycles. The Balaban J connectivity index is 1.72. The second kappa shape index (κ2) is 9.53. The third kappa shape index (κ3) is 5.24. The number of hydrogen-bond acceptors (Lipinski definition) is 6. The molecule has 0 spiro atoms. The molecule has 158 valence electrons. The van der Waals surface area contributed by atoms with Crippen LogP contribution >= 0.6 is 0 Å². The summed E-state index contributed by atoms with van der Waals surface area (Å²) < 4.78 is 5.13. The smallest absolute Gasteiger partial charge is 0.341 e. The van der Waals surface area contributed by atoms with Crippen LogP contribution in [0.25, 0.3) is 11.1 Å². The number of nitrogens with one attached hydrogen (secondary N) is 1. The second-order valence-corrected chi connectivity index (χ2v) is 6.89. The maximum atomic E-state index is 12.5. The fourth-order valence-corrected chi connectivity index (χ4v) is 3.05. The lowest BCUT2D eigenvalue weighted by atomic mass is 10.0. The van der Waals surface area contributed by atoms with Crippen LogP contribution in [0.1, 0.15) is 10.4 Å². The van der Waals surface area contributed by atoms with E-state index >= 15 is 0 Å². The van der Waals surface area contributed by atoms with Crippen molar-refractivity contribution in [3.05, 3.63) is 88.5 Å². The summed E-state index contributed by atoms with van der Waals surface area (Å²) in [6.07, 6.45) is 0. The highest BCUT2D eigenvalue weighted by Crippen LogP contribution is 2.28. The Hall–Kier alpha value is -4.20. The molecule has 8 nitrogen and oxygen atoms in total. The number of rotatable bonds is 7. The van der Waals surface area contributed by atoms with Gasteiger partial charge in [-0.2, -0.15) is 0 Å². The molecule has 3 aromatic rings. The van der Waals surface area contributed by atoms with Crippen molar-refractivity contribution >= 4 is 28.9 Å². The number of anilines is 2. The second-order valence-electron chi connectivity index (χ2n) is 6.89. The van der Waals surface area contributed by atoms with Gasteiger partial charge in [-0.1, -0.05) is 48.5 Å². The summed E-state index contributed by atoms with van der Waals surface area (Å²) in [5, 5.41) is 13.8. The lowest BCUT2D eigenvalue weighted by Gasteiger charge is -2.16. The fraction of sp³-hybridized carbons (Fsp3) is 0.130. The van der Waals surface area contributed by atoms with Gasteiger partial charge in [-0.05, 0) is 17.7 Å². The van der Waals surface area contributed by atoms with Crippen molar-refractivity contribution in [2.24, 2.45) is 0 Å². The highest BCUT2D eigenvalue weighted by Gasteiger charge is 2.20. The summed E-state index contributed by atoms with van der Waals surface area (Å²) in [6.45, 7) is -0.530. The first-order valence-corrected chi connectivity index (χ1v) is 9.44. The fourth-order valence-electron chi connectivity index (χ4n) is 3.05. The van der Waals surface area contributed by atoms with Crippen molar-refractivity contribution in [2.45, 2.75) is 0 Å². The van der Waals surface area contributed by atoms with Crippen LogP contribution in [0.4, 0.5) is 17.1 Å². The number of hydrogen-bond donors (Lipinski definition) is 1. The Bertz CT molecular complexity index is 1110. The van der Waals surface area contributed by atoms with Gasteiger partial charge < -0.3 is 15.0 Å². The molecule has 0 unspecified atom stereocenters. The summed E-state index contributed by atoms with van der Waals surface area (Å²) in [5.74, 6) is -1.34. The summed E-state index contributed by atoms with van der Waals surface area (Å²) in [5.41, 5.74) is 2.57. The minimum absolute atomic E-state index is 0.0108. The van der Waals surface area contributed by atoms with Crippen LogP contribution in [-0.4, -0.2) is 37.5 Å². The van der Waals surface area contributed by atoms with Crippen LogP contribution in [0, 0.1) is 10.1 Å². The molecule has 3 aromatic carbocycles. The highest BCUT2D eigenvalue weighted by molar-refractivity contribution is 6.00. The molecule has 0 bridgehead atoms. The van der Waals surface area contributed by atoms with E-state index in [4.69, 9.17) is 4.74 Å². The molecule has 8 heteroatoms. The summed E-state index contributed by atoms with van der Waals surface area (Å²) in [4.78, 5) is 37.0. The third-order valence-electron chi connectivity index (χ3n) is 4.51. The monoisotopic (exact) mass is 419 g/mol. The van der Waals surface area contributed by atoms with E-state index in [0.717, 1.165) is 17.2 Å². The Labute approximate surface area is 179 Å². The molecule has 0 aliphatic heterocycles. The predicted molar refractivity (Wildman–Crippen MR) is 118 cm³/mol. The van der Waals surface area contributed by atoms with E-state index in [9.17, 15) is 19.7 Å². The third-order valence-corrected chi connectivity index (χ3v) is 4.51. The van der Waals surface area contributed by atoms with Crippen LogP contribution in [0.15, 0.2) is 72.8 Å². The van der Waals surface area contributed by atoms with Crippen LogP contribution in [-0.2, 0) is 9.53 Å². The molecule has 0 saturated carbocycles. The number of nitro benzene ring substituents is 1. The predicted octanol–water partition coefficient (Wildman–Crippen LogP) is 4.12. The number of nitro groups is 1. The molecule has 31 heavy (non-hydrogen) atoms. The Morgan fingerprint density at radius 3 is 2.35 bits per heavy atom. The van der Waals surface area contributed by atoms with E-state index in [1.807, 2.05) is 42.5 Å². The molecule has 0 atom stereocenters. The van der Waals surface area contributed by atoms with E-state index < -0.39 is 23.4 Å². The van der Waals surface area contributed by atoms with Crippen molar-refractivity contribution in [1.29, 1.82) is 0 Å². The Kier molecular flexibility index (Phi) is 6.61. The van der Waals surface area contributed by atoms with Gasteiger partial charge in [0.05, 0.1) is 16.2 Å². The molecule has 1 N–H and O–H groups in total. The summed E-state index contributed by atoms with van der Waals surface area (Å²) in [7, 11) is 3.40. The summed E-state index contributed by atoms with van der Waals surface area (Å²) >= 11 is 0. The average Bonchev–Trinajstić information content (AvgIpc) is 2.78. The normalized spacial score (nSPS) is 10.3. The summed E-state index contributed by atoms with van der Waals surface area (Å²) in [6, 6.07) is 20.8. The standard InChI is InChI=1S/C23H21N3O5/c1-25(2)21-13-12-17(26(29)30)14-19(21)23(28)31-15-22(27)24-20-11-7-6-10-18(20)16-8-4-3-5-9-16/h3-14H,15H2,1-2H3,(H,24,27). The van der Waals surface area contributed by atoms with Crippen molar-refractivity contribution in [1.82, 2.24) is 0 Å². The van der Waals surface area contributed by atoms with Gasteiger partial charge in [0.15, 0.2) is 6.61 Å². The van der Waals surface area contributed by atoms with E-state index in [0.29, 0.717) is 11.4 Å². The topological polar surface area (TPSA) is 102 Å². The van der Waals surface area contributed by atoms with E-state index in [1.165, 1.54) is 12.1 Å². The van der Waals surface area contributed by atoms with Gasteiger partial charge in [0.25, 0.3) is 11.6 Å². The molecule has 0 aromatic heterocycles. The SMILES string of the molecule is CN(C)c1ccc([N+](=O)[O-])cc1C(=O)OCC(=O)Nc1ccccc1-c1ccccc1. The molecule has 0 fully saturated rings. The number of nitrogens with zero attached hydrogens (tertiary/aromatic N) is 2. The van der Waals surface area contributed by atoms with E-state index in [2.05, 4.69) is 5.32 Å². The minimum Gasteiger partial charge on any atom is -0.452 e. The molecular formula is C23H21N3O5. The van der Waals surface area contributed by atoms with E-state index in [1.54, 1.807) is 31.1 Å². The van der Waals surface area contributed by atoms with Crippen LogP contribution in [0.2, 0.25) is 0 Å². The highest BCUT2D eigenvalue weighted by atomic mass is 16.6. The van der Waals surface area contributed by atoms with Gasteiger partial charge in [0.2, 0.25) is 0 Å². The van der Waals surface area contributed by atoms with Gasteiger partial charge in [0.1, 0.15) is 0 Å². The number of ether oxygens (including phenoxy) is 1. The molecule has 0 aliphatic rings. The Morgan fingerprint density at radius 2 is 1.68 bits per heavy atom. The van der Waals surface area contributed by atoms with Crippen LogP contribution in [0.5, 0.6) is 0 Å². The first-order chi connectivity index (χ1) is 14.9. The molecule has 0 aliphatic carbocycles. The van der Waals surface area contributed by atoms with Gasteiger partial charge in [0, 0.05) is 37.5 Å².